The van der Waals surface area contributed by atoms with E-state index in [9.17, 15) is 4.79 Å². The molecule has 3 heteroatoms. The van der Waals surface area contributed by atoms with Crippen LogP contribution in [0.5, 0.6) is 0 Å². The summed E-state index contributed by atoms with van der Waals surface area (Å²) in [7, 11) is 0. The third kappa shape index (κ3) is 3.93. The highest BCUT2D eigenvalue weighted by Crippen LogP contribution is 2.21. The first-order valence-corrected chi connectivity index (χ1v) is 6.84. The van der Waals surface area contributed by atoms with Crippen LogP contribution in [0.1, 0.15) is 24.9 Å². The van der Waals surface area contributed by atoms with Gasteiger partial charge < -0.3 is 11.1 Å². The predicted molar refractivity (Wildman–Crippen MR) is 82.1 cm³/mol. The molecule has 1 unspecified atom stereocenters. The zero-order chi connectivity index (χ0) is 14.4. The molecule has 0 aliphatic heterocycles. The SMILES string of the molecule is CC(NCCC(N)=O)c1ccc(-c2ccccc2)cc1. The smallest absolute Gasteiger partial charge is 0.218 e. The van der Waals surface area contributed by atoms with Crippen LogP contribution in [0.25, 0.3) is 11.1 Å². The highest BCUT2D eigenvalue weighted by molar-refractivity contribution is 5.73. The normalized spacial score (nSPS) is 12.1. The van der Waals surface area contributed by atoms with Crippen molar-refractivity contribution in [2.24, 2.45) is 5.73 Å². The number of carbonyl (C=O) groups is 1. The largest absolute Gasteiger partial charge is 0.370 e. The fraction of sp³-hybridized carbons (Fsp3) is 0.235. The first-order chi connectivity index (χ1) is 9.66. The van der Waals surface area contributed by atoms with E-state index < -0.39 is 0 Å². The second-order valence-corrected chi connectivity index (χ2v) is 4.88. The predicted octanol–water partition coefficient (Wildman–Crippen LogP) is 2.88. The number of amides is 1. The standard InChI is InChI=1S/C17H20N2O/c1-13(19-12-11-17(18)20)14-7-9-16(10-8-14)15-5-3-2-4-6-15/h2-10,13,19H,11-12H2,1H3,(H2,18,20). The van der Waals surface area contributed by atoms with Crippen LogP contribution in [0.3, 0.4) is 0 Å². The summed E-state index contributed by atoms with van der Waals surface area (Å²) in [5.74, 6) is -0.274. The second-order valence-electron chi connectivity index (χ2n) is 4.88. The Labute approximate surface area is 119 Å². The molecule has 20 heavy (non-hydrogen) atoms. The highest BCUT2D eigenvalue weighted by atomic mass is 16.1. The molecular formula is C17H20N2O. The summed E-state index contributed by atoms with van der Waals surface area (Å²) in [5, 5.41) is 3.29. The summed E-state index contributed by atoms with van der Waals surface area (Å²) < 4.78 is 0. The molecule has 0 aliphatic rings. The Morgan fingerprint density at radius 2 is 1.65 bits per heavy atom. The summed E-state index contributed by atoms with van der Waals surface area (Å²) in [6, 6.07) is 19.0. The van der Waals surface area contributed by atoms with Gasteiger partial charge in [-0.2, -0.15) is 0 Å². The Morgan fingerprint density at radius 3 is 2.25 bits per heavy atom. The van der Waals surface area contributed by atoms with Gasteiger partial charge in [0.1, 0.15) is 0 Å². The summed E-state index contributed by atoms with van der Waals surface area (Å²) >= 11 is 0. The van der Waals surface area contributed by atoms with Crippen LogP contribution < -0.4 is 11.1 Å². The average Bonchev–Trinajstić information content (AvgIpc) is 2.48. The first-order valence-electron chi connectivity index (χ1n) is 6.84. The summed E-state index contributed by atoms with van der Waals surface area (Å²) in [6.45, 7) is 2.69. The molecule has 1 amide bonds. The van der Waals surface area contributed by atoms with Crippen LogP contribution in [0.15, 0.2) is 54.6 Å². The van der Waals surface area contributed by atoms with Crippen molar-refractivity contribution in [1.29, 1.82) is 0 Å². The van der Waals surface area contributed by atoms with Crippen LogP contribution in [0.2, 0.25) is 0 Å². The Bertz CT molecular complexity index is 549. The summed E-state index contributed by atoms with van der Waals surface area (Å²) in [4.78, 5) is 10.7. The Balaban J connectivity index is 1.99. The van der Waals surface area contributed by atoms with Crippen molar-refractivity contribution in [2.75, 3.05) is 6.54 Å². The molecule has 104 valence electrons. The van der Waals surface area contributed by atoms with Gasteiger partial charge in [0.2, 0.25) is 5.91 Å². The Hall–Kier alpha value is -2.13. The highest BCUT2D eigenvalue weighted by Gasteiger charge is 2.05. The van der Waals surface area contributed by atoms with Gasteiger partial charge in [-0.15, -0.1) is 0 Å². The molecular weight excluding hydrogens is 248 g/mol. The fourth-order valence-electron chi connectivity index (χ4n) is 2.12. The molecule has 0 fully saturated rings. The van der Waals surface area contributed by atoms with Crippen LogP contribution in [-0.4, -0.2) is 12.5 Å². The average molecular weight is 268 g/mol. The van der Waals surface area contributed by atoms with E-state index in [0.717, 1.165) is 0 Å². The number of carbonyl (C=O) groups excluding carboxylic acids is 1. The van der Waals surface area contributed by atoms with Crippen LogP contribution in [0.4, 0.5) is 0 Å². The molecule has 1 atom stereocenters. The van der Waals surface area contributed by atoms with E-state index in [1.54, 1.807) is 0 Å². The van der Waals surface area contributed by atoms with Gasteiger partial charge in [0.25, 0.3) is 0 Å². The van der Waals surface area contributed by atoms with Crippen molar-refractivity contribution in [1.82, 2.24) is 5.32 Å². The second kappa shape index (κ2) is 6.87. The lowest BCUT2D eigenvalue weighted by Gasteiger charge is -2.14. The maximum absolute atomic E-state index is 10.7. The van der Waals surface area contributed by atoms with Gasteiger partial charge >= 0.3 is 0 Å². The van der Waals surface area contributed by atoms with Crippen LogP contribution >= 0.6 is 0 Å². The number of primary amides is 1. The van der Waals surface area contributed by atoms with Crippen LogP contribution in [-0.2, 0) is 4.79 Å². The van der Waals surface area contributed by atoms with Crippen LogP contribution in [0, 0.1) is 0 Å². The number of benzene rings is 2. The zero-order valence-corrected chi connectivity index (χ0v) is 11.7. The molecule has 0 spiro atoms. The molecule has 3 nitrogen and oxygen atoms in total. The van der Waals surface area contributed by atoms with Crippen molar-refractivity contribution < 1.29 is 4.79 Å². The monoisotopic (exact) mass is 268 g/mol. The van der Waals surface area contributed by atoms with E-state index in [0.29, 0.717) is 13.0 Å². The van der Waals surface area contributed by atoms with Gasteiger partial charge in [-0.3, -0.25) is 4.79 Å². The van der Waals surface area contributed by atoms with E-state index in [4.69, 9.17) is 5.73 Å². The van der Waals surface area contributed by atoms with E-state index in [1.165, 1.54) is 16.7 Å². The van der Waals surface area contributed by atoms with Gasteiger partial charge in [0, 0.05) is 19.0 Å². The lowest BCUT2D eigenvalue weighted by Crippen LogP contribution is -2.24. The minimum atomic E-state index is -0.274. The van der Waals surface area contributed by atoms with Gasteiger partial charge in [-0.1, -0.05) is 54.6 Å². The zero-order valence-electron chi connectivity index (χ0n) is 11.7. The number of rotatable bonds is 6. The summed E-state index contributed by atoms with van der Waals surface area (Å²) in [5.41, 5.74) is 8.75. The molecule has 2 aromatic rings. The molecule has 2 rings (SSSR count). The van der Waals surface area contributed by atoms with Crippen molar-refractivity contribution in [3.63, 3.8) is 0 Å². The van der Waals surface area contributed by atoms with Crippen molar-refractivity contribution in [3.8, 4) is 11.1 Å². The summed E-state index contributed by atoms with van der Waals surface area (Å²) in [6.07, 6.45) is 0.367. The molecule has 0 saturated carbocycles. The Kier molecular flexibility index (Phi) is 4.91. The minimum absolute atomic E-state index is 0.208. The van der Waals surface area contributed by atoms with Gasteiger partial charge in [-0.05, 0) is 23.6 Å². The van der Waals surface area contributed by atoms with Gasteiger partial charge in [-0.25, -0.2) is 0 Å². The Morgan fingerprint density at radius 1 is 1.05 bits per heavy atom. The molecule has 2 aromatic carbocycles. The molecule has 0 heterocycles. The van der Waals surface area contributed by atoms with Crippen molar-refractivity contribution >= 4 is 5.91 Å². The molecule has 0 aliphatic carbocycles. The third-order valence-electron chi connectivity index (χ3n) is 3.34. The van der Waals surface area contributed by atoms with E-state index in [2.05, 4.69) is 48.6 Å². The first kappa shape index (κ1) is 14.3. The maximum atomic E-state index is 10.7. The number of nitrogens with one attached hydrogen (secondary N) is 1. The molecule has 0 bridgehead atoms. The lowest BCUT2D eigenvalue weighted by molar-refractivity contribution is -0.117. The fourth-order valence-corrected chi connectivity index (χ4v) is 2.12. The lowest BCUT2D eigenvalue weighted by atomic mass is 10.0. The third-order valence-corrected chi connectivity index (χ3v) is 3.34. The van der Waals surface area contributed by atoms with Crippen molar-refractivity contribution in [2.45, 2.75) is 19.4 Å². The molecule has 0 radical (unpaired) electrons. The number of nitrogens with two attached hydrogens (primary N) is 1. The molecule has 0 aromatic heterocycles. The van der Waals surface area contributed by atoms with Gasteiger partial charge in [0.15, 0.2) is 0 Å². The quantitative estimate of drug-likeness (QED) is 0.846. The topological polar surface area (TPSA) is 55.1 Å². The maximum Gasteiger partial charge on any atom is 0.218 e. The van der Waals surface area contributed by atoms with E-state index in [1.807, 2.05) is 18.2 Å². The van der Waals surface area contributed by atoms with Crippen molar-refractivity contribution in [3.05, 3.63) is 60.2 Å². The van der Waals surface area contributed by atoms with E-state index >= 15 is 0 Å². The number of hydrogen-bond donors (Lipinski definition) is 2. The minimum Gasteiger partial charge on any atom is -0.370 e. The molecule has 0 saturated heterocycles. The molecule has 3 N–H and O–H groups in total. The van der Waals surface area contributed by atoms with E-state index in [-0.39, 0.29) is 11.9 Å². The van der Waals surface area contributed by atoms with Gasteiger partial charge in [0.05, 0.1) is 0 Å². The number of hydrogen-bond acceptors (Lipinski definition) is 2.